The molecular weight excluding hydrogens is 380 g/mol. The van der Waals surface area contributed by atoms with Gasteiger partial charge in [-0.3, -0.25) is 4.79 Å². The summed E-state index contributed by atoms with van der Waals surface area (Å²) in [4.78, 5) is 36.5. The maximum Gasteiger partial charge on any atom is 0.341 e. The summed E-state index contributed by atoms with van der Waals surface area (Å²) in [6.07, 6.45) is -2.31. The van der Waals surface area contributed by atoms with Crippen LogP contribution in [0.4, 0.5) is 0 Å². The molecule has 2 aromatic rings. The van der Waals surface area contributed by atoms with Gasteiger partial charge >= 0.3 is 17.6 Å². The average molecular weight is 402 g/mol. The molecule has 0 amide bonds. The second kappa shape index (κ2) is 6.32. The maximum absolute atomic E-state index is 12.8. The summed E-state index contributed by atoms with van der Waals surface area (Å²) in [6, 6.07) is 6.36. The number of ether oxygens (including phenoxy) is 4. The van der Waals surface area contributed by atoms with Gasteiger partial charge in [-0.05, 0) is 45.9 Å². The lowest BCUT2D eigenvalue weighted by atomic mass is 9.87. The highest BCUT2D eigenvalue weighted by molar-refractivity contribution is 5.86. The second-order valence-corrected chi connectivity index (χ2v) is 8.08. The Hall–Kier alpha value is -2.87. The van der Waals surface area contributed by atoms with E-state index in [1.807, 2.05) is 0 Å². The van der Waals surface area contributed by atoms with Gasteiger partial charge in [-0.1, -0.05) is 0 Å². The molecule has 3 heterocycles. The van der Waals surface area contributed by atoms with Crippen LogP contribution in [-0.2, 0) is 23.8 Å². The maximum atomic E-state index is 12.8. The summed E-state index contributed by atoms with van der Waals surface area (Å²) in [6.45, 7) is 8.12. The van der Waals surface area contributed by atoms with Crippen LogP contribution in [0.15, 0.2) is 33.5 Å². The van der Waals surface area contributed by atoms with Crippen molar-refractivity contribution in [2.24, 2.45) is 0 Å². The quantitative estimate of drug-likeness (QED) is 0.438. The third-order valence-corrected chi connectivity index (χ3v) is 5.48. The number of fused-ring (bicyclic) bond motifs is 3. The van der Waals surface area contributed by atoms with E-state index in [0.717, 1.165) is 0 Å². The van der Waals surface area contributed by atoms with Crippen molar-refractivity contribution in [2.75, 3.05) is 0 Å². The van der Waals surface area contributed by atoms with Crippen molar-refractivity contribution in [1.82, 2.24) is 0 Å². The fourth-order valence-electron chi connectivity index (χ4n) is 3.63. The highest BCUT2D eigenvalue weighted by Gasteiger charge is 2.59. The molecule has 4 rings (SSSR count). The minimum absolute atomic E-state index is 0.218. The molecule has 0 radical (unpaired) electrons. The van der Waals surface area contributed by atoms with E-state index in [2.05, 4.69) is 0 Å². The lowest BCUT2D eigenvalue weighted by Crippen LogP contribution is -2.52. The summed E-state index contributed by atoms with van der Waals surface area (Å²) in [7, 11) is 0. The highest BCUT2D eigenvalue weighted by atomic mass is 16.7. The molecular formula is C21H22O8. The number of rotatable bonds is 3. The largest absolute Gasteiger partial charge is 0.483 e. The summed E-state index contributed by atoms with van der Waals surface area (Å²) < 4.78 is 28.2. The van der Waals surface area contributed by atoms with Crippen LogP contribution < -0.4 is 10.4 Å². The van der Waals surface area contributed by atoms with Crippen LogP contribution in [0.5, 0.6) is 5.75 Å². The lowest BCUT2D eigenvalue weighted by Gasteiger charge is -2.43. The van der Waals surface area contributed by atoms with Gasteiger partial charge in [0.05, 0.1) is 11.7 Å². The van der Waals surface area contributed by atoms with Crippen LogP contribution in [-0.4, -0.2) is 35.3 Å². The molecule has 0 spiro atoms. The van der Waals surface area contributed by atoms with Gasteiger partial charge in [0, 0.05) is 18.4 Å². The van der Waals surface area contributed by atoms with Gasteiger partial charge < -0.3 is 23.4 Å². The molecule has 0 bridgehead atoms. The van der Waals surface area contributed by atoms with Crippen molar-refractivity contribution < 1.29 is 33.0 Å². The van der Waals surface area contributed by atoms with E-state index in [9.17, 15) is 14.4 Å². The van der Waals surface area contributed by atoms with Crippen LogP contribution in [0.2, 0.25) is 0 Å². The molecule has 1 aromatic heterocycles. The summed E-state index contributed by atoms with van der Waals surface area (Å²) >= 11 is 0. The Labute approximate surface area is 166 Å². The SMILES string of the molecule is CC(=O)O[C@@H]1[C@H](OC(=O)[C@@]2(C)O[C@@H]2C)c2c(ccc3ccc(=O)oc23)OC1(C)C. The third-order valence-electron chi connectivity index (χ3n) is 5.48. The van der Waals surface area contributed by atoms with Gasteiger partial charge in [0.25, 0.3) is 0 Å². The highest BCUT2D eigenvalue weighted by Crippen LogP contribution is 2.48. The standard InChI is InChI=1S/C21H22O8/c1-10-21(5,28-10)19(24)27-17-15-13(29-20(3,4)18(17)25-11(2)22)8-6-12-7-9-14(23)26-16(12)15/h6-10,17-18H,1-5H3/t10-,17-,18-,21+/m1/s1. The average Bonchev–Trinajstić information content (AvgIpc) is 3.25. The molecule has 0 saturated carbocycles. The van der Waals surface area contributed by atoms with Crippen LogP contribution in [0.1, 0.15) is 46.3 Å². The zero-order valence-corrected chi connectivity index (χ0v) is 16.8. The molecule has 8 nitrogen and oxygen atoms in total. The Morgan fingerprint density at radius 1 is 1.07 bits per heavy atom. The van der Waals surface area contributed by atoms with E-state index in [1.54, 1.807) is 45.9 Å². The van der Waals surface area contributed by atoms with Crippen molar-refractivity contribution in [1.29, 1.82) is 0 Å². The fraction of sp³-hybridized carbons (Fsp3) is 0.476. The van der Waals surface area contributed by atoms with Gasteiger partial charge in [-0.2, -0.15) is 0 Å². The zero-order valence-electron chi connectivity index (χ0n) is 16.8. The predicted octanol–water partition coefficient (Wildman–Crippen LogP) is 2.66. The topological polar surface area (TPSA) is 105 Å². The molecule has 1 saturated heterocycles. The zero-order chi connectivity index (χ0) is 21.1. The minimum atomic E-state index is -1.07. The molecule has 29 heavy (non-hydrogen) atoms. The summed E-state index contributed by atoms with van der Waals surface area (Å²) in [5.41, 5.74) is -2.08. The first-order chi connectivity index (χ1) is 13.5. The van der Waals surface area contributed by atoms with Gasteiger partial charge in [0.2, 0.25) is 0 Å². The third kappa shape index (κ3) is 3.17. The summed E-state index contributed by atoms with van der Waals surface area (Å²) in [5.74, 6) is -0.765. The van der Waals surface area contributed by atoms with Crippen molar-refractivity contribution in [3.05, 3.63) is 40.2 Å². The summed E-state index contributed by atoms with van der Waals surface area (Å²) in [5, 5.41) is 0.622. The first-order valence-electron chi connectivity index (χ1n) is 9.35. The predicted molar refractivity (Wildman–Crippen MR) is 101 cm³/mol. The van der Waals surface area contributed by atoms with E-state index in [-0.39, 0.29) is 11.7 Å². The molecule has 2 aliphatic rings. The number of carbonyl (C=O) groups is 2. The Morgan fingerprint density at radius 3 is 2.34 bits per heavy atom. The van der Waals surface area contributed by atoms with Crippen LogP contribution in [0.25, 0.3) is 11.0 Å². The van der Waals surface area contributed by atoms with Gasteiger partial charge in [-0.25, -0.2) is 9.59 Å². The number of benzene rings is 1. The number of epoxide rings is 1. The Kier molecular flexibility index (Phi) is 4.24. The molecule has 1 aromatic carbocycles. The van der Waals surface area contributed by atoms with Crippen molar-refractivity contribution in [2.45, 2.75) is 64.1 Å². The lowest BCUT2D eigenvalue weighted by molar-refractivity contribution is -0.191. The van der Waals surface area contributed by atoms with Crippen molar-refractivity contribution in [3.63, 3.8) is 0 Å². The second-order valence-electron chi connectivity index (χ2n) is 8.08. The molecule has 0 N–H and O–H groups in total. The van der Waals surface area contributed by atoms with E-state index in [0.29, 0.717) is 16.7 Å². The van der Waals surface area contributed by atoms with Crippen molar-refractivity contribution in [3.8, 4) is 5.75 Å². The molecule has 4 atom stereocenters. The molecule has 0 unspecified atom stereocenters. The van der Waals surface area contributed by atoms with Gasteiger partial charge in [0.15, 0.2) is 17.8 Å². The van der Waals surface area contributed by atoms with Crippen molar-refractivity contribution >= 4 is 22.9 Å². The Morgan fingerprint density at radius 2 is 1.72 bits per heavy atom. The van der Waals surface area contributed by atoms with Crippen LogP contribution in [0, 0.1) is 0 Å². The molecule has 2 aliphatic heterocycles. The molecule has 8 heteroatoms. The smallest absolute Gasteiger partial charge is 0.341 e. The Balaban J connectivity index is 1.89. The van der Waals surface area contributed by atoms with Gasteiger partial charge in [0.1, 0.15) is 16.9 Å². The first-order valence-corrected chi connectivity index (χ1v) is 9.35. The number of hydrogen-bond acceptors (Lipinski definition) is 8. The first kappa shape index (κ1) is 19.4. The van der Waals surface area contributed by atoms with Crippen LogP contribution >= 0.6 is 0 Å². The minimum Gasteiger partial charge on any atom is -0.483 e. The van der Waals surface area contributed by atoms with E-state index < -0.39 is 41.0 Å². The number of carbonyl (C=O) groups excluding carboxylic acids is 2. The van der Waals surface area contributed by atoms with E-state index >= 15 is 0 Å². The number of hydrogen-bond donors (Lipinski definition) is 0. The molecule has 1 fully saturated rings. The molecule has 0 aliphatic carbocycles. The fourth-order valence-corrected chi connectivity index (χ4v) is 3.63. The molecule has 154 valence electrons. The van der Waals surface area contributed by atoms with E-state index in [1.165, 1.54) is 13.0 Å². The van der Waals surface area contributed by atoms with Crippen LogP contribution in [0.3, 0.4) is 0 Å². The normalized spacial score (nSPS) is 29.5. The van der Waals surface area contributed by atoms with E-state index in [4.69, 9.17) is 23.4 Å². The monoisotopic (exact) mass is 402 g/mol. The number of esters is 2. The van der Waals surface area contributed by atoms with Gasteiger partial charge in [-0.15, -0.1) is 0 Å². The Bertz CT molecular complexity index is 1070.